The van der Waals surface area contributed by atoms with Gasteiger partial charge in [0, 0.05) is 18.0 Å². The Morgan fingerprint density at radius 2 is 2.12 bits per heavy atom. The van der Waals surface area contributed by atoms with E-state index in [9.17, 15) is 4.79 Å². The maximum Gasteiger partial charge on any atom is 0.226 e. The molecule has 1 amide bonds. The van der Waals surface area contributed by atoms with Gasteiger partial charge >= 0.3 is 0 Å². The summed E-state index contributed by atoms with van der Waals surface area (Å²) in [5.41, 5.74) is 5.83. The summed E-state index contributed by atoms with van der Waals surface area (Å²) in [7, 11) is 0. The lowest BCUT2D eigenvalue weighted by Gasteiger charge is -2.35. The minimum absolute atomic E-state index is 0.0683. The lowest BCUT2D eigenvalue weighted by Crippen LogP contribution is -2.46. The van der Waals surface area contributed by atoms with Crippen LogP contribution in [-0.4, -0.2) is 29.4 Å². The van der Waals surface area contributed by atoms with Crippen LogP contribution in [0.4, 0.5) is 0 Å². The van der Waals surface area contributed by atoms with Gasteiger partial charge in [-0.05, 0) is 52.0 Å². The number of rotatable bonds is 2. The number of hydrogen-bond acceptors (Lipinski definition) is 2. The van der Waals surface area contributed by atoms with Gasteiger partial charge in [0.25, 0.3) is 0 Å². The molecule has 0 aromatic carbocycles. The van der Waals surface area contributed by atoms with E-state index in [4.69, 9.17) is 5.73 Å². The van der Waals surface area contributed by atoms with Crippen molar-refractivity contribution in [3.05, 3.63) is 0 Å². The van der Waals surface area contributed by atoms with Crippen molar-refractivity contribution in [2.24, 2.45) is 17.6 Å². The number of nitrogens with two attached hydrogens (primary N) is 1. The summed E-state index contributed by atoms with van der Waals surface area (Å²) in [4.78, 5) is 14.6. The van der Waals surface area contributed by atoms with Crippen molar-refractivity contribution in [2.45, 2.75) is 51.5 Å². The molecule has 0 unspecified atom stereocenters. The summed E-state index contributed by atoms with van der Waals surface area (Å²) in [6.45, 7) is 5.99. The van der Waals surface area contributed by atoms with Gasteiger partial charge in [0.05, 0.1) is 0 Å². The van der Waals surface area contributed by atoms with Crippen LogP contribution in [0.2, 0.25) is 0 Å². The Labute approximate surface area is 98.4 Å². The minimum atomic E-state index is 0.0683. The first kappa shape index (κ1) is 11.9. The molecule has 1 aliphatic carbocycles. The molecule has 1 heterocycles. The van der Waals surface area contributed by atoms with Gasteiger partial charge in [-0.15, -0.1) is 0 Å². The predicted molar refractivity (Wildman–Crippen MR) is 64.9 cm³/mol. The van der Waals surface area contributed by atoms with Gasteiger partial charge in [-0.3, -0.25) is 4.79 Å². The number of carbonyl (C=O) groups is 1. The predicted octanol–water partition coefficient (Wildman–Crippen LogP) is 1.76. The molecule has 3 nitrogen and oxygen atoms in total. The lowest BCUT2D eigenvalue weighted by molar-refractivity contribution is -0.139. The molecule has 3 heteroatoms. The Morgan fingerprint density at radius 3 is 2.69 bits per heavy atom. The van der Waals surface area contributed by atoms with Crippen LogP contribution in [0.3, 0.4) is 0 Å². The molecule has 0 bridgehead atoms. The molecular weight excluding hydrogens is 200 g/mol. The van der Waals surface area contributed by atoms with E-state index in [1.165, 1.54) is 6.42 Å². The van der Waals surface area contributed by atoms with Gasteiger partial charge in [0.2, 0.25) is 5.91 Å². The van der Waals surface area contributed by atoms with Crippen LogP contribution in [0, 0.1) is 11.8 Å². The number of hydrogen-bond donors (Lipinski definition) is 1. The van der Waals surface area contributed by atoms with E-state index in [2.05, 4.69) is 18.7 Å². The van der Waals surface area contributed by atoms with Crippen LogP contribution in [0.15, 0.2) is 0 Å². The van der Waals surface area contributed by atoms with Crippen LogP contribution >= 0.6 is 0 Å². The van der Waals surface area contributed by atoms with E-state index < -0.39 is 0 Å². The van der Waals surface area contributed by atoms with Crippen molar-refractivity contribution < 1.29 is 4.79 Å². The van der Waals surface area contributed by atoms with Gasteiger partial charge in [0.15, 0.2) is 0 Å². The molecule has 1 aliphatic heterocycles. The van der Waals surface area contributed by atoms with E-state index in [0.717, 1.165) is 32.2 Å². The van der Waals surface area contributed by atoms with E-state index in [1.807, 2.05) is 0 Å². The summed E-state index contributed by atoms with van der Waals surface area (Å²) in [5.74, 6) is 1.02. The average Bonchev–Trinajstić information content (AvgIpc) is 2.82. The van der Waals surface area contributed by atoms with Crippen molar-refractivity contribution in [2.75, 3.05) is 13.1 Å². The van der Waals surface area contributed by atoms with E-state index in [0.29, 0.717) is 18.4 Å². The number of carbonyl (C=O) groups excluding carboxylic acids is 1. The van der Waals surface area contributed by atoms with Crippen molar-refractivity contribution in [3.63, 3.8) is 0 Å². The van der Waals surface area contributed by atoms with Crippen molar-refractivity contribution in [3.8, 4) is 0 Å². The normalized spacial score (nSPS) is 33.3. The summed E-state index contributed by atoms with van der Waals surface area (Å²) in [6.07, 6.45) is 5.65. The molecule has 2 rings (SSSR count). The Balaban J connectivity index is 2.07. The van der Waals surface area contributed by atoms with E-state index in [1.54, 1.807) is 0 Å². The fourth-order valence-electron chi connectivity index (χ4n) is 3.36. The zero-order valence-corrected chi connectivity index (χ0v) is 10.5. The van der Waals surface area contributed by atoms with Crippen molar-refractivity contribution >= 4 is 5.91 Å². The zero-order chi connectivity index (χ0) is 11.8. The smallest absolute Gasteiger partial charge is 0.226 e. The second-order valence-corrected chi connectivity index (χ2v) is 5.94. The fraction of sp³-hybridized carbons (Fsp3) is 0.923. The average molecular weight is 224 g/mol. The first-order valence-corrected chi connectivity index (χ1v) is 6.58. The maximum atomic E-state index is 12.5. The Hall–Kier alpha value is -0.570. The molecule has 1 saturated heterocycles. The van der Waals surface area contributed by atoms with Gasteiger partial charge < -0.3 is 10.6 Å². The van der Waals surface area contributed by atoms with Crippen LogP contribution in [0.5, 0.6) is 0 Å². The summed E-state index contributed by atoms with van der Waals surface area (Å²) >= 11 is 0. The quantitative estimate of drug-likeness (QED) is 0.777. The molecule has 2 fully saturated rings. The molecule has 92 valence electrons. The van der Waals surface area contributed by atoms with Crippen LogP contribution < -0.4 is 5.73 Å². The highest BCUT2D eigenvalue weighted by Gasteiger charge is 2.41. The first-order chi connectivity index (χ1) is 7.56. The summed E-state index contributed by atoms with van der Waals surface area (Å²) < 4.78 is 0. The molecule has 16 heavy (non-hydrogen) atoms. The molecule has 0 aromatic rings. The largest absolute Gasteiger partial charge is 0.337 e. The topological polar surface area (TPSA) is 46.3 Å². The van der Waals surface area contributed by atoms with Crippen molar-refractivity contribution in [1.82, 2.24) is 4.90 Å². The molecule has 2 N–H and O–H groups in total. The highest BCUT2D eigenvalue weighted by atomic mass is 16.2. The second kappa shape index (κ2) is 4.36. The third-order valence-electron chi connectivity index (χ3n) is 4.45. The number of nitrogens with zero attached hydrogens (tertiary/aromatic N) is 1. The summed E-state index contributed by atoms with van der Waals surface area (Å²) in [6, 6.07) is 0. The van der Waals surface area contributed by atoms with Crippen molar-refractivity contribution in [1.29, 1.82) is 0 Å². The summed E-state index contributed by atoms with van der Waals surface area (Å²) in [5, 5.41) is 0. The highest BCUT2D eigenvalue weighted by Crippen LogP contribution is 2.36. The molecule has 2 atom stereocenters. The standard InChI is InChI=1S/C13H24N2O/c1-13(2)7-4-8-15(13)12(16)11-6-3-5-10(11)9-14/h10-11H,3-9,14H2,1-2H3/t10-,11-/m1/s1. The third kappa shape index (κ3) is 1.97. The lowest BCUT2D eigenvalue weighted by atomic mass is 9.93. The molecule has 0 radical (unpaired) electrons. The van der Waals surface area contributed by atoms with E-state index in [-0.39, 0.29) is 11.5 Å². The molecular formula is C13H24N2O. The molecule has 0 spiro atoms. The Morgan fingerprint density at radius 1 is 1.38 bits per heavy atom. The third-order valence-corrected chi connectivity index (χ3v) is 4.45. The molecule has 1 saturated carbocycles. The van der Waals surface area contributed by atoms with Gasteiger partial charge in [-0.25, -0.2) is 0 Å². The number of amides is 1. The fourth-order valence-corrected chi connectivity index (χ4v) is 3.36. The zero-order valence-electron chi connectivity index (χ0n) is 10.5. The van der Waals surface area contributed by atoms with Gasteiger partial charge in [-0.1, -0.05) is 6.42 Å². The molecule has 2 aliphatic rings. The molecule has 0 aromatic heterocycles. The number of likely N-dealkylation sites (tertiary alicyclic amines) is 1. The highest BCUT2D eigenvalue weighted by molar-refractivity contribution is 5.80. The minimum Gasteiger partial charge on any atom is -0.337 e. The van der Waals surface area contributed by atoms with Crippen LogP contribution in [-0.2, 0) is 4.79 Å². The van der Waals surface area contributed by atoms with Crippen LogP contribution in [0.25, 0.3) is 0 Å². The monoisotopic (exact) mass is 224 g/mol. The van der Waals surface area contributed by atoms with Gasteiger partial charge in [-0.2, -0.15) is 0 Å². The van der Waals surface area contributed by atoms with Crippen LogP contribution in [0.1, 0.15) is 46.0 Å². The van der Waals surface area contributed by atoms with E-state index >= 15 is 0 Å². The maximum absolute atomic E-state index is 12.5. The second-order valence-electron chi connectivity index (χ2n) is 5.94. The Kier molecular flexibility index (Phi) is 3.24. The SMILES string of the molecule is CC1(C)CCCN1C(=O)[C@@H]1CCC[C@@H]1CN. The Bertz CT molecular complexity index is 275. The first-order valence-electron chi connectivity index (χ1n) is 6.58. The van der Waals surface area contributed by atoms with Gasteiger partial charge in [0.1, 0.15) is 0 Å².